The van der Waals surface area contributed by atoms with Crippen molar-refractivity contribution >= 4 is 22.7 Å². The van der Waals surface area contributed by atoms with Crippen molar-refractivity contribution in [3.05, 3.63) is 34.0 Å². The van der Waals surface area contributed by atoms with Gasteiger partial charge in [-0.15, -0.1) is 0 Å². The summed E-state index contributed by atoms with van der Waals surface area (Å²) in [6.07, 6.45) is 2.30. The molecule has 1 saturated carbocycles. The molecule has 1 aliphatic rings. The summed E-state index contributed by atoms with van der Waals surface area (Å²) in [6.45, 7) is 3.15. The van der Waals surface area contributed by atoms with Gasteiger partial charge < -0.3 is 16.0 Å². The number of hydrogen-bond donors (Lipinski definition) is 3. The van der Waals surface area contributed by atoms with Crippen LogP contribution in [0, 0.1) is 41.7 Å². The molecule has 1 unspecified atom stereocenters. The Kier molecular flexibility index (Phi) is 5.56. The van der Waals surface area contributed by atoms with E-state index in [-0.39, 0.29) is 28.1 Å². The van der Waals surface area contributed by atoms with E-state index in [2.05, 4.69) is 22.1 Å². The molecule has 2 atom stereocenters. The molecule has 0 aliphatic heterocycles. The van der Waals surface area contributed by atoms with Crippen LogP contribution in [-0.4, -0.2) is 22.8 Å². The van der Waals surface area contributed by atoms with Crippen LogP contribution in [0.15, 0.2) is 0 Å². The second-order valence-electron chi connectivity index (χ2n) is 7.18. The van der Waals surface area contributed by atoms with Gasteiger partial charge in [-0.25, -0.2) is 8.78 Å². The molecule has 29 heavy (non-hydrogen) atoms. The van der Waals surface area contributed by atoms with Crippen molar-refractivity contribution in [2.24, 2.45) is 5.73 Å². The highest BCUT2D eigenvalue weighted by molar-refractivity contribution is 6.08. The molecule has 0 radical (unpaired) electrons. The van der Waals surface area contributed by atoms with Gasteiger partial charge in [0, 0.05) is 22.7 Å². The summed E-state index contributed by atoms with van der Waals surface area (Å²) in [6, 6.07) is 1.76. The summed E-state index contributed by atoms with van der Waals surface area (Å²) < 4.78 is 29.9. The van der Waals surface area contributed by atoms with Gasteiger partial charge in [0.05, 0.1) is 11.1 Å². The summed E-state index contributed by atoms with van der Waals surface area (Å²) in [5.74, 6) is 0.449. The van der Waals surface area contributed by atoms with Crippen molar-refractivity contribution in [3.63, 3.8) is 0 Å². The van der Waals surface area contributed by atoms with E-state index in [9.17, 15) is 19.2 Å². The summed E-state index contributed by atoms with van der Waals surface area (Å²) in [7, 11) is 0. The van der Waals surface area contributed by atoms with E-state index in [1.54, 1.807) is 13.8 Å². The standard InChI is InChI=1S/C21H20F2N4O2/c1-3-5-14(28)27-12-7-4-6-11(8-12)15-16-13(9-24)10(2)26-20(16)17(21(25)29)19(23)18(15)22/h11-12,26H,4,6-8H2,1-2H3,(H2,25,29)(H,27,28)/t11-,12?/m0/s1. The Morgan fingerprint density at radius 1 is 1.28 bits per heavy atom. The lowest BCUT2D eigenvalue weighted by Gasteiger charge is -2.30. The minimum Gasteiger partial charge on any atom is -0.365 e. The molecule has 1 aromatic heterocycles. The number of carbonyl (C=O) groups is 2. The van der Waals surface area contributed by atoms with Crippen LogP contribution >= 0.6 is 0 Å². The predicted octanol–water partition coefficient (Wildman–Crippen LogP) is 2.89. The third-order valence-corrected chi connectivity index (χ3v) is 5.37. The van der Waals surface area contributed by atoms with E-state index in [4.69, 9.17) is 5.73 Å². The molecule has 2 aromatic rings. The molecular weight excluding hydrogens is 378 g/mol. The lowest BCUT2D eigenvalue weighted by Crippen LogP contribution is -2.37. The van der Waals surface area contributed by atoms with Crippen LogP contribution in [0.2, 0.25) is 0 Å². The molecule has 1 aromatic carbocycles. The number of benzene rings is 1. The first-order valence-corrected chi connectivity index (χ1v) is 9.26. The van der Waals surface area contributed by atoms with E-state index in [1.807, 2.05) is 6.07 Å². The van der Waals surface area contributed by atoms with Gasteiger partial charge in [-0.2, -0.15) is 5.26 Å². The Morgan fingerprint density at radius 3 is 2.62 bits per heavy atom. The molecule has 0 saturated heterocycles. The number of hydrogen-bond acceptors (Lipinski definition) is 3. The summed E-state index contributed by atoms with van der Waals surface area (Å²) in [5.41, 5.74) is 5.31. The maximum absolute atomic E-state index is 15.2. The fourth-order valence-electron chi connectivity index (χ4n) is 4.20. The molecule has 0 spiro atoms. The van der Waals surface area contributed by atoms with Crippen molar-refractivity contribution < 1.29 is 18.4 Å². The van der Waals surface area contributed by atoms with Crippen molar-refractivity contribution in [2.75, 3.05) is 0 Å². The third-order valence-electron chi connectivity index (χ3n) is 5.37. The van der Waals surface area contributed by atoms with Crippen molar-refractivity contribution in [3.8, 4) is 17.9 Å². The van der Waals surface area contributed by atoms with Gasteiger partial charge in [0.15, 0.2) is 11.6 Å². The average molecular weight is 398 g/mol. The summed E-state index contributed by atoms with van der Waals surface area (Å²) >= 11 is 0. The fraction of sp³-hybridized carbons (Fsp3) is 0.381. The molecule has 150 valence electrons. The monoisotopic (exact) mass is 398 g/mol. The van der Waals surface area contributed by atoms with Gasteiger partial charge in [-0.1, -0.05) is 12.3 Å². The molecular formula is C21H20F2N4O2. The minimum atomic E-state index is -1.33. The van der Waals surface area contributed by atoms with Crippen molar-refractivity contribution in [1.29, 1.82) is 5.26 Å². The fourth-order valence-corrected chi connectivity index (χ4v) is 4.20. The zero-order valence-corrected chi connectivity index (χ0v) is 16.1. The number of H-pyrrole nitrogens is 1. The Labute approximate surface area is 166 Å². The maximum atomic E-state index is 15.2. The molecule has 2 amide bonds. The maximum Gasteiger partial charge on any atom is 0.296 e. The Hall–Kier alpha value is -3.39. The van der Waals surface area contributed by atoms with Crippen LogP contribution in [0.4, 0.5) is 8.78 Å². The number of nitriles is 1. The number of primary amides is 1. The Bertz CT molecular complexity index is 1120. The first-order valence-electron chi connectivity index (χ1n) is 9.26. The normalized spacial score (nSPS) is 18.6. The van der Waals surface area contributed by atoms with E-state index in [0.29, 0.717) is 31.4 Å². The number of nitrogens with zero attached hydrogens (tertiary/aromatic N) is 1. The highest BCUT2D eigenvalue weighted by Gasteiger charge is 2.33. The van der Waals surface area contributed by atoms with Gasteiger partial charge in [0.2, 0.25) is 0 Å². The average Bonchev–Trinajstić information content (AvgIpc) is 2.97. The Balaban J connectivity index is 2.16. The van der Waals surface area contributed by atoms with Crippen LogP contribution in [0.3, 0.4) is 0 Å². The number of aromatic nitrogens is 1. The van der Waals surface area contributed by atoms with E-state index in [0.717, 1.165) is 0 Å². The van der Waals surface area contributed by atoms with Crippen molar-refractivity contribution in [1.82, 2.24) is 10.3 Å². The first kappa shape index (κ1) is 20.3. The van der Waals surface area contributed by atoms with Crippen LogP contribution in [0.1, 0.15) is 65.7 Å². The molecule has 1 aliphatic carbocycles. The highest BCUT2D eigenvalue weighted by atomic mass is 19.2. The van der Waals surface area contributed by atoms with Gasteiger partial charge in [-0.05, 0) is 44.9 Å². The topological polar surface area (TPSA) is 112 Å². The lowest BCUT2D eigenvalue weighted by atomic mass is 9.79. The van der Waals surface area contributed by atoms with Gasteiger partial charge in [0.25, 0.3) is 11.8 Å². The van der Waals surface area contributed by atoms with E-state index in [1.165, 1.54) is 0 Å². The van der Waals surface area contributed by atoms with Crippen LogP contribution in [-0.2, 0) is 4.79 Å². The zero-order valence-electron chi connectivity index (χ0n) is 16.1. The zero-order chi connectivity index (χ0) is 21.3. The van der Waals surface area contributed by atoms with Gasteiger partial charge in [0.1, 0.15) is 11.6 Å². The number of nitrogens with one attached hydrogen (secondary N) is 2. The molecule has 6 nitrogen and oxygen atoms in total. The summed E-state index contributed by atoms with van der Waals surface area (Å²) in [4.78, 5) is 26.4. The second-order valence-corrected chi connectivity index (χ2v) is 7.18. The molecule has 3 rings (SSSR count). The molecule has 8 heteroatoms. The van der Waals surface area contributed by atoms with Gasteiger partial charge in [-0.3, -0.25) is 9.59 Å². The quantitative estimate of drug-likeness (QED) is 0.691. The number of amides is 2. The number of fused-ring (bicyclic) bond motifs is 1. The largest absolute Gasteiger partial charge is 0.365 e. The van der Waals surface area contributed by atoms with Crippen LogP contribution in [0.25, 0.3) is 10.9 Å². The second kappa shape index (κ2) is 7.92. The van der Waals surface area contributed by atoms with Crippen LogP contribution < -0.4 is 11.1 Å². The van der Waals surface area contributed by atoms with E-state index < -0.39 is 34.9 Å². The highest BCUT2D eigenvalue weighted by Crippen LogP contribution is 2.42. The van der Waals surface area contributed by atoms with Crippen LogP contribution in [0.5, 0.6) is 0 Å². The number of aryl methyl sites for hydroxylation is 1. The Morgan fingerprint density at radius 2 is 2.00 bits per heavy atom. The smallest absolute Gasteiger partial charge is 0.296 e. The SMILES string of the molecule is CC#CC(=O)NC1CCC[C@H](c2c(F)c(F)c(C(N)=O)c3[nH]c(C)c(C#N)c23)C1. The molecule has 0 bridgehead atoms. The molecule has 1 heterocycles. The third kappa shape index (κ3) is 3.54. The van der Waals surface area contributed by atoms with Gasteiger partial charge >= 0.3 is 0 Å². The molecule has 4 N–H and O–H groups in total. The summed E-state index contributed by atoms with van der Waals surface area (Å²) in [5, 5.41) is 12.5. The predicted molar refractivity (Wildman–Crippen MR) is 103 cm³/mol. The first-order chi connectivity index (χ1) is 13.8. The van der Waals surface area contributed by atoms with Crippen molar-refractivity contribution in [2.45, 2.75) is 51.5 Å². The number of nitrogens with two attached hydrogens (primary N) is 1. The number of carbonyl (C=O) groups excluding carboxylic acids is 2. The number of halogens is 2. The number of aromatic amines is 1. The van der Waals surface area contributed by atoms with E-state index >= 15 is 4.39 Å². The number of rotatable bonds is 3. The minimum absolute atomic E-state index is 0.0310. The molecule has 1 fully saturated rings. The lowest BCUT2D eigenvalue weighted by molar-refractivity contribution is -0.116.